The minimum atomic E-state index is -0.341. The summed E-state index contributed by atoms with van der Waals surface area (Å²) in [5.41, 5.74) is 0. The summed E-state index contributed by atoms with van der Waals surface area (Å²) in [5.74, 6) is 0.00602. The summed E-state index contributed by atoms with van der Waals surface area (Å²) in [5, 5.41) is 2.80. The molecule has 0 bridgehead atoms. The van der Waals surface area contributed by atoms with E-state index in [4.69, 9.17) is 4.74 Å². The van der Waals surface area contributed by atoms with Crippen LogP contribution in [0.5, 0.6) is 5.75 Å². The molecule has 5 nitrogen and oxygen atoms in total. The molecule has 1 aromatic heterocycles. The highest BCUT2D eigenvalue weighted by molar-refractivity contribution is 5.75. The van der Waals surface area contributed by atoms with Crippen molar-refractivity contribution < 1.29 is 13.9 Å². The van der Waals surface area contributed by atoms with E-state index in [1.165, 1.54) is 12.1 Å². The van der Waals surface area contributed by atoms with Gasteiger partial charge in [-0.3, -0.25) is 4.79 Å². The van der Waals surface area contributed by atoms with E-state index >= 15 is 0 Å². The number of benzene rings is 1. The zero-order chi connectivity index (χ0) is 15.1. The molecule has 1 heterocycles. The van der Waals surface area contributed by atoms with Gasteiger partial charge in [0.2, 0.25) is 5.91 Å². The van der Waals surface area contributed by atoms with Crippen molar-refractivity contribution in [3.05, 3.63) is 48.8 Å². The molecule has 0 radical (unpaired) electrons. The summed E-state index contributed by atoms with van der Waals surface area (Å²) in [6.45, 7) is 2.54. The molecular weight excluding hydrogens is 273 g/mol. The van der Waals surface area contributed by atoms with Crippen LogP contribution in [-0.4, -0.2) is 28.1 Å². The van der Waals surface area contributed by atoms with Crippen LogP contribution in [0.2, 0.25) is 0 Å². The molecule has 1 amide bonds. The van der Waals surface area contributed by atoms with Crippen LogP contribution in [0, 0.1) is 5.82 Å². The van der Waals surface area contributed by atoms with Crippen LogP contribution >= 0.6 is 0 Å². The van der Waals surface area contributed by atoms with Gasteiger partial charge in [0, 0.05) is 18.5 Å². The lowest BCUT2D eigenvalue weighted by atomic mass is 10.2. The standard InChI is InChI=1S/C15H18FN3O2/c1-2-13(21-14-5-3-4-12(16)8-14)9-18-15(20)10-19-7-6-17-11-19/h3-8,11,13H,2,9-10H2,1H3,(H,18,20)/t13-/m1/s1. The van der Waals surface area contributed by atoms with Gasteiger partial charge in [-0.05, 0) is 18.6 Å². The van der Waals surface area contributed by atoms with E-state index in [1.807, 2.05) is 6.92 Å². The third-order valence-electron chi connectivity index (χ3n) is 2.97. The molecule has 0 saturated heterocycles. The van der Waals surface area contributed by atoms with Crippen LogP contribution in [0.1, 0.15) is 13.3 Å². The number of carbonyl (C=O) groups excluding carboxylic acids is 1. The predicted octanol–water partition coefficient (Wildman–Crippen LogP) is 2.00. The number of hydrogen-bond acceptors (Lipinski definition) is 3. The highest BCUT2D eigenvalue weighted by Crippen LogP contribution is 2.14. The minimum Gasteiger partial charge on any atom is -0.489 e. The van der Waals surface area contributed by atoms with Crippen LogP contribution in [-0.2, 0) is 11.3 Å². The second kappa shape index (κ2) is 7.42. The maximum atomic E-state index is 13.1. The topological polar surface area (TPSA) is 56.2 Å². The van der Waals surface area contributed by atoms with Crippen LogP contribution in [0.15, 0.2) is 43.0 Å². The van der Waals surface area contributed by atoms with Crippen molar-refractivity contribution in [1.82, 2.24) is 14.9 Å². The third kappa shape index (κ3) is 4.91. The van der Waals surface area contributed by atoms with Gasteiger partial charge >= 0.3 is 0 Å². The Kier molecular flexibility index (Phi) is 5.31. The van der Waals surface area contributed by atoms with Crippen molar-refractivity contribution in [3.8, 4) is 5.75 Å². The highest BCUT2D eigenvalue weighted by atomic mass is 19.1. The molecule has 1 atom stereocenters. The lowest BCUT2D eigenvalue weighted by Crippen LogP contribution is -2.36. The number of rotatable bonds is 7. The van der Waals surface area contributed by atoms with E-state index in [1.54, 1.807) is 35.4 Å². The Morgan fingerprint density at radius 2 is 2.38 bits per heavy atom. The molecule has 2 rings (SSSR count). The number of imidazole rings is 1. The molecule has 0 spiro atoms. The van der Waals surface area contributed by atoms with Crippen molar-refractivity contribution >= 4 is 5.91 Å². The van der Waals surface area contributed by atoms with Gasteiger partial charge in [-0.15, -0.1) is 0 Å². The van der Waals surface area contributed by atoms with E-state index in [2.05, 4.69) is 10.3 Å². The zero-order valence-corrected chi connectivity index (χ0v) is 11.8. The summed E-state index contributed by atoms with van der Waals surface area (Å²) >= 11 is 0. The molecule has 0 unspecified atom stereocenters. The number of nitrogens with zero attached hydrogens (tertiary/aromatic N) is 2. The van der Waals surface area contributed by atoms with E-state index in [0.717, 1.165) is 0 Å². The second-order valence-corrected chi connectivity index (χ2v) is 4.64. The Morgan fingerprint density at radius 3 is 3.05 bits per heavy atom. The Bertz CT molecular complexity index is 572. The smallest absolute Gasteiger partial charge is 0.240 e. The number of ether oxygens (including phenoxy) is 1. The minimum absolute atomic E-state index is 0.116. The third-order valence-corrected chi connectivity index (χ3v) is 2.97. The quantitative estimate of drug-likeness (QED) is 0.849. The Balaban J connectivity index is 1.80. The normalized spacial score (nSPS) is 11.9. The van der Waals surface area contributed by atoms with Crippen molar-refractivity contribution in [2.24, 2.45) is 0 Å². The first-order valence-corrected chi connectivity index (χ1v) is 6.82. The van der Waals surface area contributed by atoms with Crippen LogP contribution in [0.3, 0.4) is 0 Å². The van der Waals surface area contributed by atoms with Gasteiger partial charge in [0.05, 0.1) is 12.9 Å². The molecule has 21 heavy (non-hydrogen) atoms. The molecule has 0 aliphatic rings. The molecule has 1 N–H and O–H groups in total. The molecule has 0 saturated carbocycles. The first-order chi connectivity index (χ1) is 10.2. The largest absolute Gasteiger partial charge is 0.489 e. The van der Waals surface area contributed by atoms with Crippen molar-refractivity contribution in [3.63, 3.8) is 0 Å². The number of nitrogens with one attached hydrogen (secondary N) is 1. The Hall–Kier alpha value is -2.37. The summed E-state index contributed by atoms with van der Waals surface area (Å²) < 4.78 is 20.4. The zero-order valence-electron chi connectivity index (χ0n) is 11.8. The maximum Gasteiger partial charge on any atom is 0.240 e. The maximum absolute atomic E-state index is 13.1. The first kappa shape index (κ1) is 15.0. The summed E-state index contributed by atoms with van der Waals surface area (Å²) in [4.78, 5) is 15.6. The van der Waals surface area contributed by atoms with Crippen LogP contribution < -0.4 is 10.1 Å². The average molecular weight is 291 g/mol. The summed E-state index contributed by atoms with van der Waals surface area (Å²) in [6.07, 6.45) is 5.44. The number of aromatic nitrogens is 2. The molecule has 0 fully saturated rings. The van der Waals surface area contributed by atoms with Gasteiger partial charge in [-0.25, -0.2) is 9.37 Å². The lowest BCUT2D eigenvalue weighted by Gasteiger charge is -2.18. The highest BCUT2D eigenvalue weighted by Gasteiger charge is 2.11. The van der Waals surface area contributed by atoms with Gasteiger partial charge in [0.15, 0.2) is 0 Å². The SMILES string of the molecule is CC[C@H](CNC(=O)Cn1ccnc1)Oc1cccc(F)c1. The number of halogens is 1. The molecular formula is C15H18FN3O2. The molecule has 1 aromatic carbocycles. The van der Waals surface area contributed by atoms with Crippen molar-refractivity contribution in [2.45, 2.75) is 26.0 Å². The summed E-state index contributed by atoms with van der Waals surface area (Å²) in [7, 11) is 0. The average Bonchev–Trinajstić information content (AvgIpc) is 2.96. The molecule has 2 aromatic rings. The molecule has 6 heteroatoms. The Morgan fingerprint density at radius 1 is 1.52 bits per heavy atom. The van der Waals surface area contributed by atoms with Crippen molar-refractivity contribution in [1.29, 1.82) is 0 Å². The fraction of sp³-hybridized carbons (Fsp3) is 0.333. The van der Waals surface area contributed by atoms with Crippen molar-refractivity contribution in [2.75, 3.05) is 6.54 Å². The van der Waals surface area contributed by atoms with Gasteiger partial charge in [-0.1, -0.05) is 13.0 Å². The predicted molar refractivity (Wildman–Crippen MR) is 76.3 cm³/mol. The number of amides is 1. The van der Waals surface area contributed by atoms with Gasteiger partial charge < -0.3 is 14.6 Å². The van der Waals surface area contributed by atoms with Crippen LogP contribution in [0.25, 0.3) is 0 Å². The second-order valence-electron chi connectivity index (χ2n) is 4.64. The first-order valence-electron chi connectivity index (χ1n) is 6.82. The molecule has 112 valence electrons. The monoisotopic (exact) mass is 291 g/mol. The van der Waals surface area contributed by atoms with Gasteiger partial charge in [0.25, 0.3) is 0 Å². The van der Waals surface area contributed by atoms with Gasteiger partial charge in [0.1, 0.15) is 24.2 Å². The van der Waals surface area contributed by atoms with E-state index in [9.17, 15) is 9.18 Å². The fourth-order valence-corrected chi connectivity index (χ4v) is 1.83. The molecule has 0 aliphatic carbocycles. The number of carbonyl (C=O) groups is 1. The van der Waals surface area contributed by atoms with E-state index in [-0.39, 0.29) is 24.4 Å². The summed E-state index contributed by atoms with van der Waals surface area (Å²) in [6, 6.07) is 5.98. The van der Waals surface area contributed by atoms with Gasteiger partial charge in [-0.2, -0.15) is 0 Å². The fourth-order valence-electron chi connectivity index (χ4n) is 1.83. The number of hydrogen-bond donors (Lipinski definition) is 1. The Labute approximate surface area is 122 Å². The lowest BCUT2D eigenvalue weighted by molar-refractivity contribution is -0.122. The van der Waals surface area contributed by atoms with E-state index < -0.39 is 0 Å². The van der Waals surface area contributed by atoms with Crippen LogP contribution in [0.4, 0.5) is 4.39 Å². The molecule has 0 aliphatic heterocycles. The van der Waals surface area contributed by atoms with E-state index in [0.29, 0.717) is 18.7 Å².